The Kier molecular flexibility index (Phi) is 19.5. The second kappa shape index (κ2) is 23.2. The number of amides is 2. The fourth-order valence-corrected chi connectivity index (χ4v) is 8.64. The highest BCUT2D eigenvalue weighted by molar-refractivity contribution is 7.09. The van der Waals surface area contributed by atoms with Crippen LogP contribution in [0.5, 0.6) is 0 Å². The lowest BCUT2D eigenvalue weighted by Gasteiger charge is -2.40. The SMILES string of the molecule is CCCCCCN(C(=O)[C@@H](NCC1CCCCN1C)[C@@H](C)CC)[C@H](C[C@@H](OC(C)=O)c1nc(C(=O)N[C@H](Cc2ccc(N)c(F)c2)CC(C)(C)C(=O)O)cs1)C(C)C. The van der Waals surface area contributed by atoms with E-state index in [0.717, 1.165) is 51.6 Å². The maximum absolute atomic E-state index is 14.9. The number of carboxylic acid groups (broad SMARTS) is 1. The van der Waals surface area contributed by atoms with Crippen molar-refractivity contribution in [3.8, 4) is 0 Å². The van der Waals surface area contributed by atoms with Gasteiger partial charge in [-0.2, -0.15) is 0 Å². The molecule has 1 aliphatic rings. The van der Waals surface area contributed by atoms with Crippen molar-refractivity contribution in [3.05, 3.63) is 45.7 Å². The molecule has 1 aliphatic heterocycles. The molecule has 58 heavy (non-hydrogen) atoms. The van der Waals surface area contributed by atoms with Gasteiger partial charge in [0.15, 0.2) is 6.10 Å². The number of unbranched alkanes of at least 4 members (excludes halogenated alkanes) is 3. The van der Waals surface area contributed by atoms with Crippen molar-refractivity contribution in [1.29, 1.82) is 0 Å². The maximum atomic E-state index is 14.9. The van der Waals surface area contributed by atoms with E-state index in [9.17, 15) is 28.7 Å². The van der Waals surface area contributed by atoms with E-state index in [1.54, 1.807) is 25.3 Å². The van der Waals surface area contributed by atoms with Gasteiger partial charge in [-0.05, 0) is 89.1 Å². The first kappa shape index (κ1) is 48.7. The lowest BCUT2D eigenvalue weighted by Crippen LogP contribution is -2.57. The summed E-state index contributed by atoms with van der Waals surface area (Å²) in [6.45, 7) is 17.4. The summed E-state index contributed by atoms with van der Waals surface area (Å²) in [6.07, 6.45) is 7.99. The molecule has 2 aromatic rings. The minimum absolute atomic E-state index is 0.00841. The fourth-order valence-electron chi connectivity index (χ4n) is 7.80. The molecule has 1 fully saturated rings. The Hall–Kier alpha value is -3.62. The molecule has 0 bridgehead atoms. The second-order valence-corrected chi connectivity index (χ2v) is 18.2. The number of piperidine rings is 1. The topological polar surface area (TPSA) is 167 Å². The predicted octanol–water partition coefficient (Wildman–Crippen LogP) is 7.62. The summed E-state index contributed by atoms with van der Waals surface area (Å²) >= 11 is 1.19. The third-order valence-electron chi connectivity index (χ3n) is 11.7. The molecule has 0 saturated carbocycles. The number of likely N-dealkylation sites (N-methyl/N-ethyl adjacent to an activating group) is 1. The number of aliphatic carboxylic acids is 1. The van der Waals surface area contributed by atoms with Crippen molar-refractivity contribution in [1.82, 2.24) is 25.4 Å². The van der Waals surface area contributed by atoms with Gasteiger partial charge in [0, 0.05) is 49.9 Å². The van der Waals surface area contributed by atoms with Crippen LogP contribution in [0.15, 0.2) is 23.6 Å². The van der Waals surface area contributed by atoms with E-state index in [1.807, 2.05) is 4.90 Å². The number of nitrogens with two attached hydrogens (primary N) is 1. The van der Waals surface area contributed by atoms with E-state index >= 15 is 0 Å². The number of thiazole rings is 1. The number of carbonyl (C=O) groups is 4. The molecule has 6 atom stereocenters. The van der Waals surface area contributed by atoms with Gasteiger partial charge in [0.1, 0.15) is 16.5 Å². The molecule has 326 valence electrons. The normalized spacial score (nSPS) is 17.6. The van der Waals surface area contributed by atoms with Gasteiger partial charge in [-0.3, -0.25) is 19.2 Å². The number of anilines is 1. The molecule has 2 heterocycles. The monoisotopic (exact) mass is 831 g/mol. The number of halogens is 1. The molecule has 0 spiro atoms. The molecule has 12 nitrogen and oxygen atoms in total. The number of benzene rings is 1. The van der Waals surface area contributed by atoms with Gasteiger partial charge in [-0.25, -0.2) is 9.37 Å². The first-order valence-electron chi connectivity index (χ1n) is 21.3. The van der Waals surface area contributed by atoms with Crippen molar-refractivity contribution in [2.45, 2.75) is 156 Å². The number of nitrogens with one attached hydrogen (secondary N) is 2. The lowest BCUT2D eigenvalue weighted by atomic mass is 9.84. The number of likely N-dealkylation sites (tertiary alicyclic amines) is 1. The summed E-state index contributed by atoms with van der Waals surface area (Å²) in [5.74, 6) is -2.51. The minimum Gasteiger partial charge on any atom is -0.481 e. The zero-order valence-electron chi connectivity index (χ0n) is 36.4. The quantitative estimate of drug-likeness (QED) is 0.0470. The van der Waals surface area contributed by atoms with Crippen molar-refractivity contribution in [3.63, 3.8) is 0 Å². The Morgan fingerprint density at radius 3 is 2.47 bits per heavy atom. The van der Waals surface area contributed by atoms with Gasteiger partial charge in [0.05, 0.1) is 17.1 Å². The van der Waals surface area contributed by atoms with Crippen LogP contribution in [-0.4, -0.2) is 94.5 Å². The maximum Gasteiger partial charge on any atom is 0.309 e. The van der Waals surface area contributed by atoms with Crippen molar-refractivity contribution in [2.75, 3.05) is 32.4 Å². The molecule has 14 heteroatoms. The van der Waals surface area contributed by atoms with Gasteiger partial charge < -0.3 is 36.0 Å². The van der Waals surface area contributed by atoms with Crippen LogP contribution in [0, 0.1) is 23.1 Å². The molecule has 5 N–H and O–H groups in total. The van der Waals surface area contributed by atoms with Crippen molar-refractivity contribution >= 4 is 40.8 Å². The Balaban J connectivity index is 1.92. The summed E-state index contributed by atoms with van der Waals surface area (Å²) in [4.78, 5) is 62.4. The number of aromatic nitrogens is 1. The van der Waals surface area contributed by atoms with E-state index < -0.39 is 41.2 Å². The van der Waals surface area contributed by atoms with Gasteiger partial charge >= 0.3 is 11.9 Å². The molecule has 1 unspecified atom stereocenters. The third kappa shape index (κ3) is 14.6. The smallest absolute Gasteiger partial charge is 0.309 e. The number of esters is 1. The van der Waals surface area contributed by atoms with Crippen LogP contribution >= 0.6 is 11.3 Å². The van der Waals surface area contributed by atoms with E-state index in [-0.39, 0.29) is 54.0 Å². The Morgan fingerprint density at radius 1 is 1.14 bits per heavy atom. The van der Waals surface area contributed by atoms with E-state index in [4.69, 9.17) is 10.5 Å². The Labute approximate surface area is 350 Å². The van der Waals surface area contributed by atoms with Gasteiger partial charge in [0.2, 0.25) is 5.91 Å². The molecule has 3 rings (SSSR count). The molecular formula is C44H71FN6O6S. The van der Waals surface area contributed by atoms with Crippen LogP contribution in [0.2, 0.25) is 0 Å². The highest BCUT2D eigenvalue weighted by Gasteiger charge is 2.37. The highest BCUT2D eigenvalue weighted by Crippen LogP contribution is 2.32. The largest absolute Gasteiger partial charge is 0.481 e. The van der Waals surface area contributed by atoms with Crippen LogP contribution < -0.4 is 16.4 Å². The average molecular weight is 831 g/mol. The zero-order valence-corrected chi connectivity index (χ0v) is 37.3. The number of nitrogen functional groups attached to an aromatic ring is 1. The first-order chi connectivity index (χ1) is 27.4. The van der Waals surface area contributed by atoms with Crippen molar-refractivity contribution < 1.29 is 33.4 Å². The molecule has 1 aromatic carbocycles. The summed E-state index contributed by atoms with van der Waals surface area (Å²) in [7, 11) is 2.16. The van der Waals surface area contributed by atoms with Gasteiger partial charge in [-0.15, -0.1) is 11.3 Å². The number of hydrogen-bond acceptors (Lipinski definition) is 10. The standard InChI is InChI=1S/C44H71FN6O6S/c1-10-12-13-15-21-51(42(54)39(29(5)11-2)47-26-33-17-14-16-20-50(33)9)37(28(3)4)24-38(57-30(6)52)41-49-36(27-58-41)40(53)48-32(25-44(7,8)43(55)56)22-31-18-19-35(46)34(45)23-31/h18-19,23,27-29,32-33,37-39,47H,10-17,20-22,24-26,46H2,1-9H3,(H,48,53)(H,55,56)/t29-,32+,33?,37+,38+,39-/m0/s1. The van der Waals surface area contributed by atoms with E-state index in [0.29, 0.717) is 29.6 Å². The van der Waals surface area contributed by atoms with Crippen molar-refractivity contribution in [2.24, 2.45) is 17.3 Å². The van der Waals surface area contributed by atoms with E-state index in [2.05, 4.69) is 62.2 Å². The van der Waals surface area contributed by atoms with Crippen LogP contribution in [0.25, 0.3) is 0 Å². The number of hydrogen-bond donors (Lipinski definition) is 4. The Bertz CT molecular complexity index is 1640. The summed E-state index contributed by atoms with van der Waals surface area (Å²) < 4.78 is 20.3. The van der Waals surface area contributed by atoms with Crippen LogP contribution in [0.4, 0.5) is 10.1 Å². The molecule has 1 aromatic heterocycles. The minimum atomic E-state index is -1.20. The Morgan fingerprint density at radius 2 is 1.86 bits per heavy atom. The van der Waals surface area contributed by atoms with Crippen LogP contribution in [-0.2, 0) is 25.5 Å². The zero-order chi connectivity index (χ0) is 43.2. The number of ether oxygens (including phenoxy) is 1. The molecular weight excluding hydrogens is 760 g/mol. The third-order valence-corrected chi connectivity index (χ3v) is 12.6. The lowest BCUT2D eigenvalue weighted by molar-refractivity contribution is -0.149. The molecule has 1 saturated heterocycles. The van der Waals surface area contributed by atoms with E-state index in [1.165, 1.54) is 43.2 Å². The molecule has 0 aliphatic carbocycles. The van der Waals surface area contributed by atoms with Gasteiger partial charge in [-0.1, -0.05) is 72.8 Å². The predicted molar refractivity (Wildman–Crippen MR) is 229 cm³/mol. The highest BCUT2D eigenvalue weighted by atomic mass is 32.1. The average Bonchev–Trinajstić information content (AvgIpc) is 3.66. The van der Waals surface area contributed by atoms with Crippen LogP contribution in [0.1, 0.15) is 147 Å². The number of nitrogens with zero attached hydrogens (tertiary/aromatic N) is 3. The second-order valence-electron chi connectivity index (χ2n) is 17.3. The fraction of sp³-hybridized carbons (Fsp3) is 0.705. The molecule has 2 amide bonds. The molecule has 0 radical (unpaired) electrons. The van der Waals surface area contributed by atoms with Crippen LogP contribution in [0.3, 0.4) is 0 Å². The number of carbonyl (C=O) groups excluding carboxylic acids is 3. The first-order valence-corrected chi connectivity index (χ1v) is 22.2. The number of rotatable bonds is 24. The summed E-state index contributed by atoms with van der Waals surface area (Å²) in [5, 5.41) is 18.5. The number of carboxylic acids is 1. The van der Waals surface area contributed by atoms with Gasteiger partial charge in [0.25, 0.3) is 5.91 Å². The summed E-state index contributed by atoms with van der Waals surface area (Å²) in [5.41, 5.74) is 5.10. The summed E-state index contributed by atoms with van der Waals surface area (Å²) in [6, 6.07) is 3.39.